The summed E-state index contributed by atoms with van der Waals surface area (Å²) in [6, 6.07) is 26.9. The van der Waals surface area contributed by atoms with Crippen molar-refractivity contribution in [3.8, 4) is 22.3 Å². The maximum Gasteiger partial charge on any atom is 0.265 e. The van der Waals surface area contributed by atoms with Gasteiger partial charge in [0.15, 0.2) is 22.8 Å². The Bertz CT molecular complexity index is 2640. The van der Waals surface area contributed by atoms with E-state index in [1.165, 1.54) is 6.07 Å². The Kier molecular flexibility index (Phi) is 8.05. The van der Waals surface area contributed by atoms with Crippen LogP contribution in [0, 0.1) is 39.3 Å². The first-order valence-electron chi connectivity index (χ1n) is 17.0. The molecule has 2 amide bonds. The second-order valence-electron chi connectivity index (χ2n) is 13.4. The van der Waals surface area contributed by atoms with Gasteiger partial charge in [0.2, 0.25) is 0 Å². The number of hydrogen-bond donors (Lipinski definition) is 4. The normalized spacial score (nSPS) is 18.5. The number of nitrogens with one attached hydrogen (secondary N) is 2. The maximum atomic E-state index is 13.7. The van der Waals surface area contributed by atoms with Gasteiger partial charge in [0.1, 0.15) is 11.5 Å². The molecule has 9 rings (SSSR count). The van der Waals surface area contributed by atoms with Gasteiger partial charge in [0, 0.05) is 44.8 Å². The van der Waals surface area contributed by atoms with Gasteiger partial charge in [-0.05, 0) is 86.0 Å². The van der Waals surface area contributed by atoms with Gasteiger partial charge in [-0.2, -0.15) is 0 Å². The van der Waals surface area contributed by atoms with Crippen molar-refractivity contribution in [2.45, 2.75) is 38.9 Å². The molecule has 2 unspecified atom stereocenters. The average Bonchev–Trinajstić information content (AvgIpc) is 3.85. The van der Waals surface area contributed by atoms with E-state index in [0.717, 1.165) is 45.3 Å². The van der Waals surface area contributed by atoms with Crippen LogP contribution in [0.2, 0.25) is 0 Å². The van der Waals surface area contributed by atoms with E-state index in [9.17, 15) is 28.6 Å². The summed E-state index contributed by atoms with van der Waals surface area (Å²) in [6.45, 7) is 7.26. The number of hydrogen-bond acceptors (Lipinski definition) is 8. The van der Waals surface area contributed by atoms with Crippen molar-refractivity contribution in [1.29, 1.82) is 0 Å². The number of rotatable bonds is 4. The Morgan fingerprint density at radius 2 is 1.13 bits per heavy atom. The molecular formula is C42H32F2N4O6. The highest BCUT2D eigenvalue weighted by Crippen LogP contribution is 2.46. The van der Waals surface area contributed by atoms with E-state index in [1.807, 2.05) is 68.4 Å². The van der Waals surface area contributed by atoms with E-state index < -0.39 is 34.7 Å². The molecule has 7 aromatic rings. The minimum Gasteiger partial charge on any atom is -0.372 e. The molecule has 4 heterocycles. The fraction of sp³-hybridized carbons (Fsp3) is 0.143. The molecule has 0 saturated heterocycles. The maximum absolute atomic E-state index is 13.7. The molecule has 0 spiro atoms. The van der Waals surface area contributed by atoms with E-state index in [0.29, 0.717) is 45.3 Å². The number of anilines is 2. The Morgan fingerprint density at radius 3 is 1.69 bits per heavy atom. The van der Waals surface area contributed by atoms with E-state index in [-0.39, 0.29) is 11.1 Å². The van der Waals surface area contributed by atoms with Crippen LogP contribution < -0.4 is 10.6 Å². The molecule has 0 bridgehead atoms. The Balaban J connectivity index is 0.000000154. The number of aromatic nitrogens is 2. The number of halogens is 2. The predicted octanol–water partition coefficient (Wildman–Crippen LogP) is 7.72. The van der Waals surface area contributed by atoms with Crippen LogP contribution in [0.25, 0.3) is 33.0 Å². The monoisotopic (exact) mass is 726 g/mol. The summed E-state index contributed by atoms with van der Waals surface area (Å²) < 4.78 is 37.4. The summed E-state index contributed by atoms with van der Waals surface area (Å²) in [5.74, 6) is -2.08. The summed E-state index contributed by atoms with van der Waals surface area (Å²) in [4.78, 5) is 25.4. The summed E-state index contributed by atoms with van der Waals surface area (Å²) >= 11 is 0. The lowest BCUT2D eigenvalue weighted by atomic mass is 9.83. The molecule has 0 radical (unpaired) electrons. The molecule has 0 saturated carbocycles. The van der Waals surface area contributed by atoms with Crippen LogP contribution >= 0.6 is 0 Å². The molecule has 0 aliphatic carbocycles. The van der Waals surface area contributed by atoms with Crippen LogP contribution in [0.4, 0.5) is 20.2 Å². The van der Waals surface area contributed by atoms with E-state index in [1.54, 1.807) is 38.1 Å². The molecule has 10 nitrogen and oxygen atoms in total. The fourth-order valence-corrected chi connectivity index (χ4v) is 7.49. The second-order valence-corrected chi connectivity index (χ2v) is 13.4. The number of fused-ring (bicyclic) bond motifs is 3. The predicted molar refractivity (Wildman–Crippen MR) is 196 cm³/mol. The Hall–Kier alpha value is -6.50. The SMILES string of the molecule is Cc1noc(C)c1-c1ccc2c(c1)C(O)(c1ccc(F)c(F)c1)C(=O)N2.Cc1noc(C)c1-c1ccc2c(c1)C(O)(c1cccc3ccccc13)C(=O)N2. The lowest BCUT2D eigenvalue weighted by molar-refractivity contribution is -0.130. The van der Waals surface area contributed by atoms with Gasteiger partial charge in [-0.1, -0.05) is 71.0 Å². The highest BCUT2D eigenvalue weighted by molar-refractivity contribution is 6.10. The van der Waals surface area contributed by atoms with Crippen LogP contribution in [0.15, 0.2) is 106 Å². The smallest absolute Gasteiger partial charge is 0.265 e. The Labute approximate surface area is 307 Å². The van der Waals surface area contributed by atoms with Gasteiger partial charge >= 0.3 is 0 Å². The van der Waals surface area contributed by atoms with Crippen LogP contribution in [0.3, 0.4) is 0 Å². The molecule has 2 atom stereocenters. The van der Waals surface area contributed by atoms with Crippen LogP contribution in [-0.4, -0.2) is 32.3 Å². The number of benzene rings is 5. The first-order chi connectivity index (χ1) is 25.8. The van der Waals surface area contributed by atoms with E-state index >= 15 is 0 Å². The van der Waals surface area contributed by atoms with Crippen LogP contribution in [0.1, 0.15) is 45.2 Å². The minimum absolute atomic E-state index is 0.0523. The van der Waals surface area contributed by atoms with Gasteiger partial charge in [-0.3, -0.25) is 9.59 Å². The van der Waals surface area contributed by atoms with Crippen molar-refractivity contribution in [3.63, 3.8) is 0 Å². The highest BCUT2D eigenvalue weighted by Gasteiger charge is 2.49. The summed E-state index contributed by atoms with van der Waals surface area (Å²) in [7, 11) is 0. The molecule has 270 valence electrons. The van der Waals surface area contributed by atoms with Crippen LogP contribution in [0.5, 0.6) is 0 Å². The first-order valence-corrected chi connectivity index (χ1v) is 17.0. The molecule has 4 N–H and O–H groups in total. The third-order valence-electron chi connectivity index (χ3n) is 10.1. The molecule has 2 aromatic heterocycles. The standard InChI is InChI=1S/C23H18N2O3.C19H14F2N2O3/c1-13-21(14(2)28-25-13)16-10-11-20-19(12-16)23(27,22(26)24-20)18-9-5-7-15-6-3-4-8-17(15)18;1-9-17(10(2)26-23-9)11-3-6-16-13(7-11)19(25,18(24)22-16)12-4-5-14(20)15(21)8-12/h3-12,27H,1-2H3,(H,24,26);3-8,25H,1-2H3,(H,22,24). The first kappa shape index (κ1) is 34.6. The lowest BCUT2D eigenvalue weighted by Gasteiger charge is -2.23. The van der Waals surface area contributed by atoms with E-state index in [2.05, 4.69) is 20.9 Å². The van der Waals surface area contributed by atoms with Gasteiger partial charge in [0.25, 0.3) is 11.8 Å². The molecule has 54 heavy (non-hydrogen) atoms. The van der Waals surface area contributed by atoms with E-state index in [4.69, 9.17) is 9.05 Å². The number of nitrogens with zero attached hydrogens (tertiary/aromatic N) is 2. The zero-order chi connectivity index (χ0) is 38.1. The zero-order valence-corrected chi connectivity index (χ0v) is 29.4. The van der Waals surface area contributed by atoms with Crippen molar-refractivity contribution in [1.82, 2.24) is 10.3 Å². The molecule has 0 fully saturated rings. The second kappa shape index (κ2) is 12.6. The summed E-state index contributed by atoms with van der Waals surface area (Å²) in [5.41, 5.74) is 3.01. The van der Waals surface area contributed by atoms with Gasteiger partial charge in [-0.25, -0.2) is 8.78 Å². The highest BCUT2D eigenvalue weighted by atomic mass is 19.2. The number of carbonyl (C=O) groups is 2. The quantitative estimate of drug-likeness (QED) is 0.144. The molecule has 5 aromatic carbocycles. The van der Waals surface area contributed by atoms with Crippen molar-refractivity contribution < 1.29 is 37.6 Å². The topological polar surface area (TPSA) is 151 Å². The van der Waals surface area contributed by atoms with Crippen molar-refractivity contribution >= 4 is 34.0 Å². The van der Waals surface area contributed by atoms with Crippen molar-refractivity contribution in [3.05, 3.63) is 154 Å². The summed E-state index contributed by atoms with van der Waals surface area (Å²) in [5, 5.41) is 37.9. The largest absolute Gasteiger partial charge is 0.372 e. The fourth-order valence-electron chi connectivity index (χ4n) is 7.49. The molecule has 2 aliphatic rings. The van der Waals surface area contributed by atoms with Gasteiger partial charge in [0.05, 0.1) is 11.4 Å². The van der Waals surface area contributed by atoms with Crippen LogP contribution in [-0.2, 0) is 20.8 Å². The van der Waals surface area contributed by atoms with Gasteiger partial charge in [-0.15, -0.1) is 0 Å². The molecule has 2 aliphatic heterocycles. The van der Waals surface area contributed by atoms with Crippen molar-refractivity contribution in [2.24, 2.45) is 0 Å². The third-order valence-corrected chi connectivity index (χ3v) is 10.1. The molecular weight excluding hydrogens is 694 g/mol. The van der Waals surface area contributed by atoms with Crippen molar-refractivity contribution in [2.75, 3.05) is 10.6 Å². The zero-order valence-electron chi connectivity index (χ0n) is 29.4. The number of aryl methyl sites for hydroxylation is 4. The Morgan fingerprint density at radius 1 is 0.593 bits per heavy atom. The van der Waals surface area contributed by atoms with Gasteiger partial charge < -0.3 is 29.9 Å². The average molecular weight is 727 g/mol. The number of aliphatic hydroxyl groups is 2. The lowest BCUT2D eigenvalue weighted by Crippen LogP contribution is -2.35. The summed E-state index contributed by atoms with van der Waals surface area (Å²) in [6.07, 6.45) is 0. The minimum atomic E-state index is -2.13. The number of carbonyl (C=O) groups excluding carboxylic acids is 2. The third kappa shape index (κ3) is 5.21. The molecule has 12 heteroatoms. The number of amides is 2.